The Morgan fingerprint density at radius 2 is 1.75 bits per heavy atom. The fraction of sp³-hybridized carbons (Fsp3) is 0.278. The minimum atomic E-state index is -1.23. The maximum Gasteiger partial charge on any atom is 0.339 e. The first-order chi connectivity index (χ1) is 11.0. The molecule has 0 unspecified atom stereocenters. The van der Waals surface area contributed by atoms with Crippen LogP contribution in [-0.2, 0) is 5.41 Å². The average Bonchev–Trinajstić information content (AvgIpc) is 2.44. The van der Waals surface area contributed by atoms with E-state index in [0.717, 1.165) is 23.9 Å². The minimum Gasteiger partial charge on any atom is -0.507 e. The minimum absolute atomic E-state index is 0.174. The maximum absolute atomic E-state index is 13.4. The summed E-state index contributed by atoms with van der Waals surface area (Å²) in [5.41, 5.74) is 0.205. The number of phenols is 1. The Morgan fingerprint density at radius 1 is 1.12 bits per heavy atom. The van der Waals surface area contributed by atoms with Gasteiger partial charge in [-0.15, -0.1) is 0 Å². The summed E-state index contributed by atoms with van der Waals surface area (Å²) in [5.74, 6) is -3.40. The van der Waals surface area contributed by atoms with E-state index in [4.69, 9.17) is 0 Å². The highest BCUT2D eigenvalue weighted by Gasteiger charge is 2.26. The van der Waals surface area contributed by atoms with Crippen LogP contribution >= 0.6 is 11.8 Å². The Hall–Kier alpha value is -2.08. The number of carbonyl (C=O) groups is 1. The van der Waals surface area contributed by atoms with E-state index in [2.05, 4.69) is 0 Å². The van der Waals surface area contributed by atoms with Crippen LogP contribution in [0.1, 0.15) is 42.3 Å². The van der Waals surface area contributed by atoms with Crippen molar-refractivity contribution in [3.63, 3.8) is 0 Å². The number of carboxylic acid groups (broad SMARTS) is 1. The summed E-state index contributed by atoms with van der Waals surface area (Å²) >= 11 is 1.13. The van der Waals surface area contributed by atoms with Crippen LogP contribution in [-0.4, -0.2) is 16.2 Å². The highest BCUT2D eigenvalue weighted by atomic mass is 32.2. The molecule has 2 rings (SSSR count). The summed E-state index contributed by atoms with van der Waals surface area (Å²) in [4.78, 5) is 12.6. The molecule has 2 aromatic carbocycles. The van der Waals surface area contributed by atoms with E-state index in [-0.39, 0.29) is 11.3 Å². The summed E-state index contributed by atoms with van der Waals surface area (Å²) in [7, 11) is 0. The largest absolute Gasteiger partial charge is 0.507 e. The zero-order valence-electron chi connectivity index (χ0n) is 13.8. The summed E-state index contributed by atoms with van der Waals surface area (Å²) in [6.45, 7) is 7.15. The fourth-order valence-corrected chi connectivity index (χ4v) is 3.33. The number of rotatable bonds is 3. The molecule has 0 aliphatic carbocycles. The van der Waals surface area contributed by atoms with Crippen LogP contribution in [0.4, 0.5) is 8.78 Å². The number of benzene rings is 2. The van der Waals surface area contributed by atoms with Gasteiger partial charge in [-0.1, -0.05) is 32.5 Å². The SMILES string of the molecule is Cc1c(Sc2ccc(F)c(F)c2)cc(C(C)(C)C)c(O)c1C(=O)O. The normalized spacial score (nSPS) is 11.6. The zero-order valence-corrected chi connectivity index (χ0v) is 14.6. The number of hydrogen-bond donors (Lipinski definition) is 2. The van der Waals surface area contributed by atoms with Crippen molar-refractivity contribution in [3.8, 4) is 5.75 Å². The van der Waals surface area contributed by atoms with E-state index in [0.29, 0.717) is 20.9 Å². The van der Waals surface area contributed by atoms with Crippen molar-refractivity contribution in [1.29, 1.82) is 0 Å². The molecule has 0 radical (unpaired) electrons. The van der Waals surface area contributed by atoms with Crippen molar-refractivity contribution in [3.05, 3.63) is 52.6 Å². The quantitative estimate of drug-likeness (QED) is 0.804. The molecule has 3 nitrogen and oxygen atoms in total. The Kier molecular flexibility index (Phi) is 4.90. The van der Waals surface area contributed by atoms with Crippen molar-refractivity contribution in [2.45, 2.75) is 42.9 Å². The van der Waals surface area contributed by atoms with Crippen molar-refractivity contribution >= 4 is 17.7 Å². The van der Waals surface area contributed by atoms with Gasteiger partial charge in [0.2, 0.25) is 0 Å². The number of hydrogen-bond acceptors (Lipinski definition) is 3. The molecule has 0 saturated carbocycles. The molecule has 2 N–H and O–H groups in total. The average molecular weight is 352 g/mol. The number of aromatic carboxylic acids is 1. The topological polar surface area (TPSA) is 57.5 Å². The van der Waals surface area contributed by atoms with Crippen molar-refractivity contribution in [2.24, 2.45) is 0 Å². The summed E-state index contributed by atoms with van der Waals surface area (Å²) in [6.07, 6.45) is 0. The fourth-order valence-electron chi connectivity index (χ4n) is 2.35. The Bertz CT molecular complexity index is 811. The monoisotopic (exact) mass is 352 g/mol. The van der Waals surface area contributed by atoms with Gasteiger partial charge in [0.1, 0.15) is 11.3 Å². The Labute approximate surface area is 143 Å². The highest BCUT2D eigenvalue weighted by molar-refractivity contribution is 7.99. The standard InChI is InChI=1S/C18H18F2O3S/c1-9-14(24-10-5-6-12(19)13(20)7-10)8-11(18(2,3)4)16(21)15(9)17(22)23/h5-8,21H,1-4H3,(H,22,23). The van der Waals surface area contributed by atoms with Gasteiger partial charge in [-0.3, -0.25) is 0 Å². The molecule has 0 atom stereocenters. The lowest BCUT2D eigenvalue weighted by molar-refractivity contribution is 0.0692. The van der Waals surface area contributed by atoms with Crippen molar-refractivity contribution < 1.29 is 23.8 Å². The highest BCUT2D eigenvalue weighted by Crippen LogP contribution is 2.41. The lowest BCUT2D eigenvalue weighted by Gasteiger charge is -2.24. The predicted octanol–water partition coefficient (Wildman–Crippen LogP) is 5.13. The van der Waals surface area contributed by atoms with E-state index in [9.17, 15) is 23.8 Å². The second-order valence-corrected chi connectivity index (χ2v) is 7.62. The van der Waals surface area contributed by atoms with Crippen LogP contribution in [0, 0.1) is 18.6 Å². The van der Waals surface area contributed by atoms with E-state index in [1.54, 1.807) is 13.0 Å². The third-order valence-corrected chi connectivity index (χ3v) is 4.79. The molecule has 0 heterocycles. The molecule has 0 bridgehead atoms. The Balaban J connectivity index is 2.62. The lowest BCUT2D eigenvalue weighted by Crippen LogP contribution is -2.14. The van der Waals surface area contributed by atoms with E-state index in [1.807, 2.05) is 20.8 Å². The van der Waals surface area contributed by atoms with Gasteiger partial charge in [0.15, 0.2) is 11.6 Å². The second-order valence-electron chi connectivity index (χ2n) is 6.50. The van der Waals surface area contributed by atoms with Gasteiger partial charge >= 0.3 is 5.97 Å². The predicted molar refractivity (Wildman–Crippen MR) is 89.0 cm³/mol. The van der Waals surface area contributed by atoms with Crippen LogP contribution in [0.3, 0.4) is 0 Å². The van der Waals surface area contributed by atoms with Crippen molar-refractivity contribution in [2.75, 3.05) is 0 Å². The van der Waals surface area contributed by atoms with Crippen LogP contribution in [0.2, 0.25) is 0 Å². The van der Waals surface area contributed by atoms with Gasteiger partial charge in [0.05, 0.1) is 0 Å². The third kappa shape index (κ3) is 3.53. The molecule has 0 aromatic heterocycles. The lowest BCUT2D eigenvalue weighted by atomic mass is 9.84. The van der Waals surface area contributed by atoms with Crippen LogP contribution < -0.4 is 0 Å². The molecule has 0 aliphatic rings. The van der Waals surface area contributed by atoms with Gasteiger partial charge in [-0.2, -0.15) is 0 Å². The maximum atomic E-state index is 13.4. The summed E-state index contributed by atoms with van der Waals surface area (Å²) in [6, 6.07) is 5.20. The van der Waals surface area contributed by atoms with E-state index >= 15 is 0 Å². The van der Waals surface area contributed by atoms with Gasteiger partial charge in [0.25, 0.3) is 0 Å². The van der Waals surface area contributed by atoms with Crippen LogP contribution in [0.15, 0.2) is 34.1 Å². The zero-order chi connectivity index (χ0) is 18.2. The number of aromatic hydroxyl groups is 1. The molecule has 128 valence electrons. The first-order valence-corrected chi connectivity index (χ1v) is 8.07. The molecule has 2 aromatic rings. The molecule has 0 spiro atoms. The number of carboxylic acids is 1. The molecule has 24 heavy (non-hydrogen) atoms. The first kappa shape index (κ1) is 18.3. The third-order valence-electron chi connectivity index (χ3n) is 3.65. The molecule has 0 aliphatic heterocycles. The number of halogens is 2. The summed E-state index contributed by atoms with van der Waals surface area (Å²) in [5, 5.41) is 19.8. The van der Waals surface area contributed by atoms with Crippen molar-refractivity contribution in [1.82, 2.24) is 0 Å². The van der Waals surface area contributed by atoms with E-state index in [1.165, 1.54) is 6.07 Å². The van der Waals surface area contributed by atoms with Gasteiger partial charge < -0.3 is 10.2 Å². The van der Waals surface area contributed by atoms with Crippen LogP contribution in [0.5, 0.6) is 5.75 Å². The second kappa shape index (κ2) is 6.43. The van der Waals surface area contributed by atoms with Gasteiger partial charge in [0, 0.05) is 15.4 Å². The molecular weight excluding hydrogens is 334 g/mol. The molecule has 6 heteroatoms. The molecule has 0 fully saturated rings. The van der Waals surface area contributed by atoms with E-state index < -0.39 is 23.0 Å². The first-order valence-electron chi connectivity index (χ1n) is 7.25. The molecule has 0 amide bonds. The van der Waals surface area contributed by atoms with Gasteiger partial charge in [-0.25, -0.2) is 13.6 Å². The smallest absolute Gasteiger partial charge is 0.339 e. The molecular formula is C18H18F2O3S. The Morgan fingerprint density at radius 3 is 2.25 bits per heavy atom. The summed E-state index contributed by atoms with van der Waals surface area (Å²) < 4.78 is 26.5. The van der Waals surface area contributed by atoms with Gasteiger partial charge in [-0.05, 0) is 42.2 Å². The van der Waals surface area contributed by atoms with Crippen LogP contribution in [0.25, 0.3) is 0 Å². The molecule has 0 saturated heterocycles.